The molecule has 0 aliphatic rings. The van der Waals surface area contributed by atoms with E-state index in [1.54, 1.807) is 0 Å². The van der Waals surface area contributed by atoms with Crippen LogP contribution in [0, 0.1) is 34.0 Å². The Balaban J connectivity index is 1.29. The van der Waals surface area contributed by atoms with Crippen molar-refractivity contribution in [3.05, 3.63) is 168 Å². The standard InChI is InChI=1S/C45H25N5/c46-26-29-17-20-43-39(22-29)40-23-30(27-47)18-21-44(40)50(43)45-24-31(28-48)16-19-38(45)35-11-2-1-10-34(35)32-8-7-9-33(25-32)49-41-14-5-3-12-36(41)37-13-4-6-15-42(37)49/h1-25H. The van der Waals surface area contributed by atoms with Gasteiger partial charge in [-0.25, -0.2) is 0 Å². The lowest BCUT2D eigenvalue weighted by atomic mass is 9.92. The van der Waals surface area contributed by atoms with Crippen molar-refractivity contribution in [1.82, 2.24) is 9.13 Å². The summed E-state index contributed by atoms with van der Waals surface area (Å²) in [6.07, 6.45) is 0. The number of hydrogen-bond donors (Lipinski definition) is 0. The maximum atomic E-state index is 10.1. The van der Waals surface area contributed by atoms with Gasteiger partial charge in [0, 0.05) is 32.8 Å². The van der Waals surface area contributed by atoms with E-state index in [4.69, 9.17) is 0 Å². The molecule has 2 aromatic heterocycles. The fourth-order valence-corrected chi connectivity index (χ4v) is 7.42. The molecule has 0 unspecified atom stereocenters. The van der Waals surface area contributed by atoms with Crippen molar-refractivity contribution in [2.24, 2.45) is 0 Å². The minimum Gasteiger partial charge on any atom is -0.309 e. The summed E-state index contributed by atoms with van der Waals surface area (Å²) in [5.41, 5.74) is 11.7. The van der Waals surface area contributed by atoms with E-state index in [1.165, 1.54) is 10.8 Å². The molecule has 9 rings (SSSR count). The van der Waals surface area contributed by atoms with Gasteiger partial charge in [-0.3, -0.25) is 0 Å². The van der Waals surface area contributed by atoms with Crippen molar-refractivity contribution < 1.29 is 0 Å². The SMILES string of the molecule is N#Cc1ccc(-c2ccccc2-c2cccc(-n3c4ccccc4c4ccccc43)c2)c(-n2c3ccc(C#N)cc3c3cc(C#N)ccc32)c1. The number of nitrogens with zero attached hydrogens (tertiary/aromatic N) is 5. The van der Waals surface area contributed by atoms with Gasteiger partial charge >= 0.3 is 0 Å². The normalized spacial score (nSPS) is 11.1. The summed E-state index contributed by atoms with van der Waals surface area (Å²) in [4.78, 5) is 0. The Kier molecular flexibility index (Phi) is 6.56. The lowest BCUT2D eigenvalue weighted by Gasteiger charge is -2.18. The van der Waals surface area contributed by atoms with E-state index in [0.29, 0.717) is 16.7 Å². The van der Waals surface area contributed by atoms with E-state index in [0.717, 1.165) is 66.5 Å². The van der Waals surface area contributed by atoms with Gasteiger partial charge in [0.1, 0.15) is 0 Å². The van der Waals surface area contributed by atoms with Crippen molar-refractivity contribution in [2.75, 3.05) is 0 Å². The molecule has 7 aromatic carbocycles. The summed E-state index contributed by atoms with van der Waals surface area (Å²) in [5.74, 6) is 0. The number of hydrogen-bond acceptors (Lipinski definition) is 3. The highest BCUT2D eigenvalue weighted by Gasteiger charge is 2.20. The first kappa shape index (κ1) is 28.8. The third kappa shape index (κ3) is 4.38. The molecule has 5 heteroatoms. The molecule has 50 heavy (non-hydrogen) atoms. The third-order valence-corrected chi connectivity index (χ3v) is 9.60. The molecule has 0 N–H and O–H groups in total. The molecule has 0 saturated carbocycles. The van der Waals surface area contributed by atoms with E-state index in [-0.39, 0.29) is 0 Å². The first-order valence-electron chi connectivity index (χ1n) is 16.3. The molecule has 0 radical (unpaired) electrons. The van der Waals surface area contributed by atoms with Gasteiger partial charge in [0.25, 0.3) is 0 Å². The summed E-state index contributed by atoms with van der Waals surface area (Å²) >= 11 is 0. The van der Waals surface area contributed by atoms with E-state index in [2.05, 4.69) is 118 Å². The van der Waals surface area contributed by atoms with Gasteiger partial charge < -0.3 is 9.13 Å². The molecule has 0 aliphatic heterocycles. The summed E-state index contributed by atoms with van der Waals surface area (Å²) in [7, 11) is 0. The molecule has 0 atom stereocenters. The molecule has 230 valence electrons. The molecule has 0 bridgehead atoms. The van der Waals surface area contributed by atoms with Crippen molar-refractivity contribution >= 4 is 43.6 Å². The lowest BCUT2D eigenvalue weighted by molar-refractivity contribution is 1.18. The van der Waals surface area contributed by atoms with Crippen molar-refractivity contribution in [1.29, 1.82) is 15.8 Å². The fourth-order valence-electron chi connectivity index (χ4n) is 7.42. The second-order valence-electron chi connectivity index (χ2n) is 12.3. The van der Waals surface area contributed by atoms with Crippen LogP contribution in [0.3, 0.4) is 0 Å². The Morgan fingerprint density at radius 2 is 0.880 bits per heavy atom. The molecule has 0 aliphatic carbocycles. The highest BCUT2D eigenvalue weighted by atomic mass is 15.0. The van der Waals surface area contributed by atoms with Crippen LogP contribution in [0.4, 0.5) is 0 Å². The van der Waals surface area contributed by atoms with E-state index in [9.17, 15) is 15.8 Å². The Bertz CT molecular complexity index is 2850. The largest absolute Gasteiger partial charge is 0.309 e. The Hall–Kier alpha value is -7.39. The van der Waals surface area contributed by atoms with Gasteiger partial charge in [0.05, 0.1) is 62.7 Å². The zero-order chi connectivity index (χ0) is 33.8. The van der Waals surface area contributed by atoms with Crippen molar-refractivity contribution in [2.45, 2.75) is 0 Å². The molecule has 0 saturated heterocycles. The van der Waals surface area contributed by atoms with Gasteiger partial charge in [-0.05, 0) is 89.5 Å². The predicted molar refractivity (Wildman–Crippen MR) is 200 cm³/mol. The topological polar surface area (TPSA) is 81.2 Å². The number of aromatic nitrogens is 2. The van der Waals surface area contributed by atoms with Gasteiger partial charge in [-0.15, -0.1) is 0 Å². The predicted octanol–water partition coefficient (Wildman–Crippen LogP) is 10.8. The van der Waals surface area contributed by atoms with Crippen LogP contribution in [0.25, 0.3) is 77.2 Å². The maximum Gasteiger partial charge on any atom is 0.0992 e. The number of para-hydroxylation sites is 2. The van der Waals surface area contributed by atoms with E-state index in [1.807, 2.05) is 60.7 Å². The summed E-state index contributed by atoms with van der Waals surface area (Å²) in [6.45, 7) is 0. The van der Waals surface area contributed by atoms with Crippen molar-refractivity contribution in [3.8, 4) is 51.8 Å². The maximum absolute atomic E-state index is 10.1. The molecular formula is C45H25N5. The van der Waals surface area contributed by atoms with Gasteiger partial charge in [-0.2, -0.15) is 15.8 Å². The molecule has 9 aromatic rings. The molecule has 5 nitrogen and oxygen atoms in total. The minimum atomic E-state index is 0.534. The van der Waals surface area contributed by atoms with Crippen LogP contribution in [0.15, 0.2) is 152 Å². The fraction of sp³-hybridized carbons (Fsp3) is 0. The average Bonchev–Trinajstić information content (AvgIpc) is 3.69. The van der Waals surface area contributed by atoms with E-state index >= 15 is 0 Å². The molecule has 0 amide bonds. The summed E-state index contributed by atoms with van der Waals surface area (Å²) in [5, 5.41) is 33.7. The number of nitriles is 3. The number of fused-ring (bicyclic) bond motifs is 6. The highest BCUT2D eigenvalue weighted by Crippen LogP contribution is 2.41. The number of benzene rings is 7. The second-order valence-corrected chi connectivity index (χ2v) is 12.3. The van der Waals surface area contributed by atoms with Crippen LogP contribution in [0.2, 0.25) is 0 Å². The monoisotopic (exact) mass is 635 g/mol. The molecular weight excluding hydrogens is 611 g/mol. The van der Waals surface area contributed by atoms with Crippen LogP contribution in [0.1, 0.15) is 16.7 Å². The Morgan fingerprint density at radius 3 is 1.50 bits per heavy atom. The zero-order valence-electron chi connectivity index (χ0n) is 26.7. The van der Waals surface area contributed by atoms with Crippen LogP contribution < -0.4 is 0 Å². The first-order chi connectivity index (χ1) is 24.7. The zero-order valence-corrected chi connectivity index (χ0v) is 26.7. The van der Waals surface area contributed by atoms with Gasteiger partial charge in [-0.1, -0.05) is 78.9 Å². The van der Waals surface area contributed by atoms with Gasteiger partial charge in [0.15, 0.2) is 0 Å². The second kappa shape index (κ2) is 11.4. The van der Waals surface area contributed by atoms with Crippen molar-refractivity contribution in [3.63, 3.8) is 0 Å². The van der Waals surface area contributed by atoms with Crippen LogP contribution >= 0.6 is 0 Å². The molecule has 0 fully saturated rings. The minimum absolute atomic E-state index is 0.534. The quantitative estimate of drug-likeness (QED) is 0.193. The third-order valence-electron chi connectivity index (χ3n) is 9.60. The summed E-state index contributed by atoms with van der Waals surface area (Å²) in [6, 6.07) is 58.0. The smallest absolute Gasteiger partial charge is 0.0992 e. The average molecular weight is 636 g/mol. The van der Waals surface area contributed by atoms with Gasteiger partial charge in [0.2, 0.25) is 0 Å². The summed E-state index contributed by atoms with van der Waals surface area (Å²) < 4.78 is 4.47. The Labute approximate surface area is 287 Å². The lowest BCUT2D eigenvalue weighted by Crippen LogP contribution is -2.00. The molecule has 0 spiro atoms. The molecule has 2 heterocycles. The first-order valence-corrected chi connectivity index (χ1v) is 16.3. The number of rotatable bonds is 4. The van der Waals surface area contributed by atoms with Crippen LogP contribution in [0.5, 0.6) is 0 Å². The van der Waals surface area contributed by atoms with E-state index < -0.39 is 0 Å². The highest BCUT2D eigenvalue weighted by molar-refractivity contribution is 6.11. The van der Waals surface area contributed by atoms with Crippen LogP contribution in [-0.4, -0.2) is 9.13 Å². The Morgan fingerprint density at radius 1 is 0.360 bits per heavy atom. The van der Waals surface area contributed by atoms with Crippen LogP contribution in [-0.2, 0) is 0 Å².